The average molecular weight is 405 g/mol. The highest BCUT2D eigenvalue weighted by molar-refractivity contribution is 9.10. The number of nitrogens with zero attached hydrogens (tertiary/aromatic N) is 1. The molecule has 2 aromatic rings. The van der Waals surface area contributed by atoms with Gasteiger partial charge in [-0.3, -0.25) is 9.89 Å². The molecule has 0 saturated heterocycles. The summed E-state index contributed by atoms with van der Waals surface area (Å²) in [6.45, 7) is 5.14. The largest absolute Gasteiger partial charge is 0.385 e. The fourth-order valence-corrected chi connectivity index (χ4v) is 4.03. The molecule has 0 atom stereocenters. The second-order valence-corrected chi connectivity index (χ2v) is 7.81. The maximum atomic E-state index is 12.4. The predicted octanol–water partition coefficient (Wildman–Crippen LogP) is 5.15. The van der Waals surface area contributed by atoms with Crippen LogP contribution in [-0.4, -0.2) is 22.6 Å². The number of H-pyrrole nitrogens is 1. The van der Waals surface area contributed by atoms with Crippen LogP contribution in [0.2, 0.25) is 0 Å². The number of anilines is 2. The maximum Gasteiger partial charge on any atom is 0.277 e. The highest BCUT2D eigenvalue weighted by atomic mass is 79.9. The van der Waals surface area contributed by atoms with Crippen molar-refractivity contribution in [3.05, 3.63) is 40.1 Å². The van der Waals surface area contributed by atoms with E-state index in [1.54, 1.807) is 0 Å². The van der Waals surface area contributed by atoms with E-state index in [-0.39, 0.29) is 11.8 Å². The molecule has 25 heavy (non-hydrogen) atoms. The van der Waals surface area contributed by atoms with Gasteiger partial charge in [-0.25, -0.2) is 0 Å². The molecule has 0 bridgehead atoms. The molecule has 1 amide bonds. The van der Waals surface area contributed by atoms with Gasteiger partial charge in [0, 0.05) is 17.9 Å². The zero-order valence-corrected chi connectivity index (χ0v) is 16.3. The van der Waals surface area contributed by atoms with Gasteiger partial charge in [-0.2, -0.15) is 5.10 Å². The lowest BCUT2D eigenvalue weighted by atomic mass is 10.1. The third kappa shape index (κ3) is 4.42. The van der Waals surface area contributed by atoms with E-state index in [9.17, 15) is 4.79 Å². The first-order valence-corrected chi connectivity index (χ1v) is 9.73. The van der Waals surface area contributed by atoms with E-state index in [0.717, 1.165) is 34.0 Å². The number of benzene rings is 1. The maximum absolute atomic E-state index is 12.4. The highest BCUT2D eigenvalue weighted by Gasteiger charge is 2.19. The third-order valence-corrected chi connectivity index (χ3v) is 5.54. The molecule has 0 aliphatic heterocycles. The third-order valence-electron chi connectivity index (χ3n) is 4.74. The van der Waals surface area contributed by atoms with E-state index < -0.39 is 0 Å². The van der Waals surface area contributed by atoms with Crippen LogP contribution in [0.25, 0.3) is 0 Å². The summed E-state index contributed by atoms with van der Waals surface area (Å²) in [5, 5.41) is 13.4. The molecule has 1 aromatic heterocycles. The zero-order chi connectivity index (χ0) is 17.8. The molecule has 1 heterocycles. The number of amides is 1. The molecule has 0 spiro atoms. The number of hydrogen-bond acceptors (Lipinski definition) is 3. The SMILES string of the molecule is CC(C)c1[nH]nc(C(=O)Nc2ccc(NCC3CCCC3)cc2)c1Br. The lowest BCUT2D eigenvalue weighted by Gasteiger charge is -2.12. The Kier molecular flexibility index (Phi) is 5.78. The van der Waals surface area contributed by atoms with Crippen LogP contribution < -0.4 is 10.6 Å². The Morgan fingerprint density at radius 2 is 1.88 bits per heavy atom. The van der Waals surface area contributed by atoms with Crippen LogP contribution in [0.4, 0.5) is 11.4 Å². The summed E-state index contributed by atoms with van der Waals surface area (Å²) in [5.74, 6) is 0.849. The minimum Gasteiger partial charge on any atom is -0.385 e. The van der Waals surface area contributed by atoms with Gasteiger partial charge in [0.2, 0.25) is 0 Å². The van der Waals surface area contributed by atoms with Crippen molar-refractivity contribution in [1.82, 2.24) is 10.2 Å². The fraction of sp³-hybridized carbons (Fsp3) is 0.474. The number of aromatic amines is 1. The van der Waals surface area contributed by atoms with Crippen molar-refractivity contribution in [3.63, 3.8) is 0 Å². The van der Waals surface area contributed by atoms with Gasteiger partial charge in [0.1, 0.15) is 0 Å². The number of rotatable bonds is 6. The molecule has 5 nitrogen and oxygen atoms in total. The quantitative estimate of drug-likeness (QED) is 0.623. The van der Waals surface area contributed by atoms with Crippen molar-refractivity contribution >= 4 is 33.2 Å². The zero-order valence-electron chi connectivity index (χ0n) is 14.7. The molecule has 1 saturated carbocycles. The molecule has 1 aromatic carbocycles. The Morgan fingerprint density at radius 3 is 2.48 bits per heavy atom. The van der Waals surface area contributed by atoms with Gasteiger partial charge in [-0.1, -0.05) is 26.7 Å². The standard InChI is InChI=1S/C19H25BrN4O/c1-12(2)17-16(20)18(24-23-17)19(25)22-15-9-7-14(8-10-15)21-11-13-5-3-4-6-13/h7-10,12-13,21H,3-6,11H2,1-2H3,(H,22,25)(H,23,24). The molecule has 0 unspecified atom stereocenters. The lowest BCUT2D eigenvalue weighted by molar-refractivity contribution is 0.102. The van der Waals surface area contributed by atoms with Crippen molar-refractivity contribution < 1.29 is 4.79 Å². The minimum atomic E-state index is -0.221. The first-order chi connectivity index (χ1) is 12.0. The molecule has 1 aliphatic rings. The predicted molar refractivity (Wildman–Crippen MR) is 105 cm³/mol. The summed E-state index contributed by atoms with van der Waals surface area (Å²) in [6.07, 6.45) is 5.38. The molecule has 3 rings (SSSR count). The van der Waals surface area contributed by atoms with Crippen LogP contribution in [0.1, 0.15) is 61.6 Å². The molecule has 1 aliphatic carbocycles. The molecule has 6 heteroatoms. The molecule has 0 radical (unpaired) electrons. The summed E-state index contributed by atoms with van der Waals surface area (Å²) in [6, 6.07) is 7.84. The van der Waals surface area contributed by atoms with Gasteiger partial charge in [0.05, 0.1) is 10.2 Å². The number of nitrogens with one attached hydrogen (secondary N) is 3. The average Bonchev–Trinajstić information content (AvgIpc) is 3.23. The van der Waals surface area contributed by atoms with E-state index in [4.69, 9.17) is 0 Å². The van der Waals surface area contributed by atoms with Crippen molar-refractivity contribution in [2.24, 2.45) is 5.92 Å². The molecular formula is C19H25BrN4O. The van der Waals surface area contributed by atoms with Gasteiger partial charge in [0.15, 0.2) is 5.69 Å². The summed E-state index contributed by atoms with van der Waals surface area (Å²) in [5.41, 5.74) is 3.16. The number of carbonyl (C=O) groups is 1. The van der Waals surface area contributed by atoms with Gasteiger partial charge in [-0.05, 0) is 64.9 Å². The van der Waals surface area contributed by atoms with Gasteiger partial charge in [-0.15, -0.1) is 0 Å². The van der Waals surface area contributed by atoms with E-state index in [2.05, 4.69) is 50.6 Å². The van der Waals surface area contributed by atoms with E-state index >= 15 is 0 Å². The van der Waals surface area contributed by atoms with Crippen molar-refractivity contribution in [3.8, 4) is 0 Å². The van der Waals surface area contributed by atoms with Crippen molar-refractivity contribution in [2.75, 3.05) is 17.2 Å². The van der Waals surface area contributed by atoms with Crippen LogP contribution in [0.15, 0.2) is 28.7 Å². The number of carbonyl (C=O) groups excluding carboxylic acids is 1. The molecule has 3 N–H and O–H groups in total. The summed E-state index contributed by atoms with van der Waals surface area (Å²) >= 11 is 3.47. The Bertz CT molecular complexity index is 718. The lowest BCUT2D eigenvalue weighted by Crippen LogP contribution is -2.13. The van der Waals surface area contributed by atoms with E-state index in [1.165, 1.54) is 25.7 Å². The van der Waals surface area contributed by atoms with Crippen LogP contribution in [0.5, 0.6) is 0 Å². The highest BCUT2D eigenvalue weighted by Crippen LogP contribution is 2.27. The second kappa shape index (κ2) is 8.04. The van der Waals surface area contributed by atoms with Crippen LogP contribution in [-0.2, 0) is 0 Å². The molecule has 134 valence electrons. The normalized spacial score (nSPS) is 14.9. The van der Waals surface area contributed by atoms with Crippen molar-refractivity contribution in [1.29, 1.82) is 0 Å². The molecule has 1 fully saturated rings. The molecular weight excluding hydrogens is 380 g/mol. The van der Waals surface area contributed by atoms with E-state index in [0.29, 0.717) is 5.69 Å². The Hall–Kier alpha value is -1.82. The topological polar surface area (TPSA) is 69.8 Å². The van der Waals surface area contributed by atoms with Crippen LogP contribution in [0.3, 0.4) is 0 Å². The number of halogens is 1. The number of aromatic nitrogens is 2. The van der Waals surface area contributed by atoms with Gasteiger partial charge >= 0.3 is 0 Å². The summed E-state index contributed by atoms with van der Waals surface area (Å²) in [7, 11) is 0. The summed E-state index contributed by atoms with van der Waals surface area (Å²) in [4.78, 5) is 12.4. The fourth-order valence-electron chi connectivity index (χ4n) is 3.21. The Morgan fingerprint density at radius 1 is 1.24 bits per heavy atom. The first-order valence-electron chi connectivity index (χ1n) is 8.93. The second-order valence-electron chi connectivity index (χ2n) is 7.02. The van der Waals surface area contributed by atoms with Crippen LogP contribution >= 0.6 is 15.9 Å². The first kappa shape index (κ1) is 18.0. The number of hydrogen-bond donors (Lipinski definition) is 3. The Labute approximate surface area is 157 Å². The Balaban J connectivity index is 1.58. The monoisotopic (exact) mass is 404 g/mol. The smallest absolute Gasteiger partial charge is 0.277 e. The van der Waals surface area contributed by atoms with Gasteiger partial charge < -0.3 is 10.6 Å². The minimum absolute atomic E-state index is 0.221. The summed E-state index contributed by atoms with van der Waals surface area (Å²) < 4.78 is 0.731. The van der Waals surface area contributed by atoms with E-state index in [1.807, 2.05) is 24.3 Å². The van der Waals surface area contributed by atoms with Crippen molar-refractivity contribution in [2.45, 2.75) is 45.4 Å². The van der Waals surface area contributed by atoms with Gasteiger partial charge in [0.25, 0.3) is 5.91 Å². The van der Waals surface area contributed by atoms with Crippen LogP contribution in [0, 0.1) is 5.92 Å².